The summed E-state index contributed by atoms with van der Waals surface area (Å²) in [4.78, 5) is 0. The van der Waals surface area contributed by atoms with Crippen LogP contribution in [0.15, 0.2) is 47.8 Å². The molecule has 4 nitrogen and oxygen atoms in total. The SMILES string of the molecule is Cc1cccc(O)c1C=C([NH])C(=Cc1c(C)cccc1O)[NH][Co]. The molecule has 0 saturated heterocycles. The van der Waals surface area contributed by atoms with Gasteiger partial charge in [-0.05, 0) is 0 Å². The van der Waals surface area contributed by atoms with Crippen LogP contribution in [-0.4, -0.2) is 10.2 Å². The van der Waals surface area contributed by atoms with E-state index in [-0.39, 0.29) is 17.2 Å². The molecule has 2 aromatic rings. The van der Waals surface area contributed by atoms with Crippen LogP contribution >= 0.6 is 0 Å². The predicted octanol–water partition coefficient (Wildman–Crippen LogP) is 3.43. The molecule has 0 aliphatic rings. The summed E-state index contributed by atoms with van der Waals surface area (Å²) in [5.74, 6) is 0.253. The fraction of sp³-hybridized carbons (Fsp3) is 0.111. The van der Waals surface area contributed by atoms with Gasteiger partial charge in [-0.3, -0.25) is 0 Å². The molecule has 0 amide bonds. The second kappa shape index (κ2) is 7.26. The Balaban J connectivity index is 2.49. The maximum atomic E-state index is 9.98. The van der Waals surface area contributed by atoms with Gasteiger partial charge >= 0.3 is 144 Å². The molecule has 0 bridgehead atoms. The fourth-order valence-corrected chi connectivity index (χ4v) is 2.43. The van der Waals surface area contributed by atoms with Crippen molar-refractivity contribution in [3.8, 4) is 11.5 Å². The zero-order valence-electron chi connectivity index (χ0n) is 12.8. The van der Waals surface area contributed by atoms with Gasteiger partial charge in [0.2, 0.25) is 0 Å². The van der Waals surface area contributed by atoms with Crippen molar-refractivity contribution in [1.82, 2.24) is 10.1 Å². The third-order valence-electron chi connectivity index (χ3n) is 3.56. The Labute approximate surface area is 144 Å². The van der Waals surface area contributed by atoms with Crippen molar-refractivity contribution in [3.63, 3.8) is 0 Å². The van der Waals surface area contributed by atoms with Gasteiger partial charge in [0.25, 0.3) is 0 Å². The minimum absolute atomic E-state index is 0.117. The molecule has 0 aliphatic heterocycles. The fourth-order valence-electron chi connectivity index (χ4n) is 2.22. The number of rotatable bonds is 4. The van der Waals surface area contributed by atoms with Gasteiger partial charge in [-0.1, -0.05) is 0 Å². The van der Waals surface area contributed by atoms with E-state index < -0.39 is 0 Å². The number of hydrogen-bond donors (Lipinski definition) is 3. The predicted molar refractivity (Wildman–Crippen MR) is 87.9 cm³/mol. The van der Waals surface area contributed by atoms with E-state index in [2.05, 4.69) is 20.3 Å². The van der Waals surface area contributed by atoms with E-state index in [1.54, 1.807) is 36.4 Å². The number of benzene rings is 2. The van der Waals surface area contributed by atoms with Gasteiger partial charge in [-0.25, -0.2) is 0 Å². The Morgan fingerprint density at radius 3 is 1.87 bits per heavy atom. The molecule has 0 aliphatic carbocycles. The summed E-state index contributed by atoms with van der Waals surface area (Å²) < 4.78 is 2.66. The number of nitrogens with one attached hydrogen (secondary N) is 2. The normalized spacial score (nSPS) is 12.3. The first-order valence-electron chi connectivity index (χ1n) is 7.01. The van der Waals surface area contributed by atoms with Crippen molar-refractivity contribution in [3.05, 3.63) is 70.0 Å². The molecule has 121 valence electrons. The van der Waals surface area contributed by atoms with Crippen LogP contribution in [0.5, 0.6) is 11.5 Å². The zero-order valence-corrected chi connectivity index (χ0v) is 13.9. The quantitative estimate of drug-likeness (QED) is 0.737. The summed E-state index contributed by atoms with van der Waals surface area (Å²) in [5.41, 5.74) is 11.8. The van der Waals surface area contributed by atoms with E-state index in [1.165, 1.54) is 0 Å². The van der Waals surface area contributed by atoms with Crippen LogP contribution in [0, 0.1) is 13.8 Å². The molecular formula is C18H18CoN2O2. The summed E-state index contributed by atoms with van der Waals surface area (Å²) in [6.07, 6.45) is 3.22. The van der Waals surface area contributed by atoms with Crippen molar-refractivity contribution >= 4 is 12.2 Å². The van der Waals surface area contributed by atoms with Gasteiger partial charge in [0, 0.05) is 0 Å². The monoisotopic (exact) mass is 353 g/mol. The standard InChI is InChI=1S/C18H18N2O2.Co/c1-11-5-3-7-17(21)13(11)9-15(19)16(20)10-14-12(2)6-4-8-18(14)22;/h3-10,19-22H,1-2H3;/q-1;+1. The summed E-state index contributed by atoms with van der Waals surface area (Å²) in [5, 5.41) is 19.9. The van der Waals surface area contributed by atoms with Crippen LogP contribution < -0.4 is 10.1 Å². The second-order valence-corrected chi connectivity index (χ2v) is 5.48. The molecule has 0 spiro atoms. The minimum atomic E-state index is 0.117. The van der Waals surface area contributed by atoms with Crippen molar-refractivity contribution in [2.24, 2.45) is 0 Å². The topological polar surface area (TPSA) is 76.3 Å². The first-order valence-corrected chi connectivity index (χ1v) is 7.53. The number of phenols is 2. The van der Waals surface area contributed by atoms with Crippen LogP contribution in [0.4, 0.5) is 0 Å². The molecule has 1 radical (unpaired) electrons. The van der Waals surface area contributed by atoms with Crippen LogP contribution in [0.25, 0.3) is 12.2 Å². The summed E-state index contributed by atoms with van der Waals surface area (Å²) in [7, 11) is 0. The number of hydrogen-bond acceptors (Lipinski definition) is 3. The Hall–Kier alpha value is -2.37. The Morgan fingerprint density at radius 2 is 1.43 bits per heavy atom. The second-order valence-electron chi connectivity index (χ2n) is 5.21. The third kappa shape index (κ3) is 3.88. The van der Waals surface area contributed by atoms with E-state index in [0.717, 1.165) is 11.1 Å². The molecule has 5 heteroatoms. The number of aromatic hydroxyl groups is 2. The van der Waals surface area contributed by atoms with Crippen LogP contribution in [-0.2, 0) is 16.0 Å². The molecule has 2 aromatic carbocycles. The first-order chi connectivity index (χ1) is 10.9. The Bertz CT molecular complexity index is 742. The molecule has 4 N–H and O–H groups in total. The average Bonchev–Trinajstić information content (AvgIpc) is 2.51. The van der Waals surface area contributed by atoms with Gasteiger partial charge in [0.05, 0.1) is 0 Å². The van der Waals surface area contributed by atoms with Gasteiger partial charge in [0.1, 0.15) is 0 Å². The van der Waals surface area contributed by atoms with Gasteiger partial charge in [-0.2, -0.15) is 0 Å². The third-order valence-corrected chi connectivity index (χ3v) is 3.84. The average molecular weight is 353 g/mol. The van der Waals surface area contributed by atoms with Crippen LogP contribution in [0.3, 0.4) is 0 Å². The van der Waals surface area contributed by atoms with Crippen molar-refractivity contribution in [1.29, 1.82) is 0 Å². The molecule has 0 heterocycles. The summed E-state index contributed by atoms with van der Waals surface area (Å²) >= 11 is 4.10. The molecule has 0 unspecified atom stereocenters. The zero-order chi connectivity index (χ0) is 17.0. The first kappa shape index (κ1) is 17.0. The summed E-state index contributed by atoms with van der Waals surface area (Å²) in [6, 6.07) is 10.4. The maximum absolute atomic E-state index is 9.98. The molecule has 2 rings (SSSR count). The van der Waals surface area contributed by atoms with Crippen molar-refractivity contribution < 1.29 is 26.2 Å². The van der Waals surface area contributed by atoms with E-state index >= 15 is 0 Å². The Kier molecular flexibility index (Phi) is 5.36. The van der Waals surface area contributed by atoms with Crippen LogP contribution in [0.2, 0.25) is 0 Å². The van der Waals surface area contributed by atoms with Gasteiger partial charge < -0.3 is 0 Å². The number of phenolic OH excluding ortho intramolecular Hbond substituents is 2. The van der Waals surface area contributed by atoms with Crippen molar-refractivity contribution in [2.75, 3.05) is 0 Å². The van der Waals surface area contributed by atoms with E-state index in [0.29, 0.717) is 16.8 Å². The van der Waals surface area contributed by atoms with E-state index in [1.807, 2.05) is 26.0 Å². The van der Waals surface area contributed by atoms with E-state index in [9.17, 15) is 10.2 Å². The number of aryl methyl sites for hydroxylation is 2. The molecule has 0 saturated carbocycles. The molecule has 0 fully saturated rings. The van der Waals surface area contributed by atoms with Crippen LogP contribution in [0.1, 0.15) is 22.3 Å². The van der Waals surface area contributed by atoms with E-state index in [4.69, 9.17) is 5.73 Å². The molecule has 23 heavy (non-hydrogen) atoms. The summed E-state index contributed by atoms with van der Waals surface area (Å²) in [6.45, 7) is 3.74. The Morgan fingerprint density at radius 1 is 0.957 bits per heavy atom. The molecule has 0 aromatic heterocycles. The van der Waals surface area contributed by atoms with Crippen molar-refractivity contribution in [2.45, 2.75) is 13.8 Å². The molecular weight excluding hydrogens is 335 g/mol. The van der Waals surface area contributed by atoms with Gasteiger partial charge in [0.15, 0.2) is 0 Å². The van der Waals surface area contributed by atoms with Gasteiger partial charge in [-0.15, -0.1) is 0 Å². The molecule has 0 atom stereocenters.